The smallest absolute Gasteiger partial charge is 0.258 e. The minimum Gasteiger partial charge on any atom is -0.354 e. The Morgan fingerprint density at radius 3 is 2.57 bits per heavy atom. The number of pyridine rings is 1. The lowest BCUT2D eigenvalue weighted by Gasteiger charge is -2.18. The predicted octanol–water partition coefficient (Wildman–Crippen LogP) is 1.94. The summed E-state index contributed by atoms with van der Waals surface area (Å²) in [6.45, 7) is 6.65. The summed E-state index contributed by atoms with van der Waals surface area (Å²) >= 11 is 0. The van der Waals surface area contributed by atoms with Crippen LogP contribution in [-0.4, -0.2) is 27.1 Å². The first-order valence-electron chi connectivity index (χ1n) is 7.87. The fraction of sp³-hybridized carbons (Fsp3) is 0.471. The van der Waals surface area contributed by atoms with Crippen molar-refractivity contribution in [3.8, 4) is 11.3 Å². The minimum absolute atomic E-state index is 0.0255. The molecule has 0 saturated carbocycles. The fourth-order valence-corrected chi connectivity index (χ4v) is 2.57. The topological polar surface area (TPSA) is 85.8 Å². The van der Waals surface area contributed by atoms with Gasteiger partial charge in [0.15, 0.2) is 0 Å². The third kappa shape index (κ3) is 4.16. The molecule has 3 N–H and O–H groups in total. The van der Waals surface area contributed by atoms with Gasteiger partial charge in [-0.25, -0.2) is 4.98 Å². The molecule has 0 aliphatic heterocycles. The number of nitrogens with one attached hydrogen (secondary N) is 1. The average molecular weight is 315 g/mol. The van der Waals surface area contributed by atoms with Gasteiger partial charge in [0.05, 0.1) is 5.69 Å². The van der Waals surface area contributed by atoms with Crippen LogP contribution in [0.4, 0.5) is 5.95 Å². The number of anilines is 1. The summed E-state index contributed by atoms with van der Waals surface area (Å²) in [5.74, 6) is 1.07. The maximum Gasteiger partial charge on any atom is 0.258 e. The van der Waals surface area contributed by atoms with Crippen molar-refractivity contribution < 1.29 is 0 Å². The van der Waals surface area contributed by atoms with Gasteiger partial charge in [-0.05, 0) is 31.4 Å². The second-order valence-corrected chi connectivity index (χ2v) is 6.28. The van der Waals surface area contributed by atoms with E-state index in [0.717, 1.165) is 12.0 Å². The van der Waals surface area contributed by atoms with Gasteiger partial charge < -0.3 is 11.1 Å². The van der Waals surface area contributed by atoms with E-state index in [9.17, 15) is 4.79 Å². The summed E-state index contributed by atoms with van der Waals surface area (Å²) in [7, 11) is 1.72. The first-order chi connectivity index (χ1) is 10.9. The van der Waals surface area contributed by atoms with Crippen molar-refractivity contribution in [2.75, 3.05) is 11.9 Å². The molecule has 0 spiro atoms. The molecule has 0 amide bonds. The molecule has 6 heteroatoms. The molecule has 0 saturated heterocycles. The third-order valence-corrected chi connectivity index (χ3v) is 3.77. The minimum atomic E-state index is -0.0632. The van der Waals surface area contributed by atoms with Crippen LogP contribution in [0.2, 0.25) is 0 Å². The summed E-state index contributed by atoms with van der Waals surface area (Å²) < 4.78 is 1.53. The van der Waals surface area contributed by atoms with E-state index in [-0.39, 0.29) is 11.6 Å². The molecule has 2 rings (SSSR count). The summed E-state index contributed by atoms with van der Waals surface area (Å²) in [5.41, 5.74) is 8.22. The molecular weight excluding hydrogens is 290 g/mol. The van der Waals surface area contributed by atoms with Crippen LogP contribution in [0.1, 0.15) is 25.8 Å². The molecule has 124 valence electrons. The van der Waals surface area contributed by atoms with E-state index in [1.807, 2.05) is 12.1 Å². The first-order valence-corrected chi connectivity index (χ1v) is 7.87. The van der Waals surface area contributed by atoms with Crippen LogP contribution in [0.25, 0.3) is 11.3 Å². The molecule has 0 unspecified atom stereocenters. The van der Waals surface area contributed by atoms with Crippen LogP contribution in [-0.2, 0) is 7.05 Å². The largest absolute Gasteiger partial charge is 0.354 e. The van der Waals surface area contributed by atoms with Crippen molar-refractivity contribution in [1.29, 1.82) is 0 Å². The second kappa shape index (κ2) is 7.37. The Balaban J connectivity index is 2.30. The van der Waals surface area contributed by atoms with Crippen LogP contribution in [0.15, 0.2) is 29.3 Å². The van der Waals surface area contributed by atoms with Crippen LogP contribution in [0.3, 0.4) is 0 Å². The van der Waals surface area contributed by atoms with E-state index in [1.54, 1.807) is 26.4 Å². The van der Waals surface area contributed by atoms with Gasteiger partial charge in [0.1, 0.15) is 0 Å². The van der Waals surface area contributed by atoms with Crippen LogP contribution in [0, 0.1) is 12.8 Å². The lowest BCUT2D eigenvalue weighted by molar-refractivity contribution is 0.507. The highest BCUT2D eigenvalue weighted by molar-refractivity contribution is 5.63. The molecule has 2 aromatic heterocycles. The van der Waals surface area contributed by atoms with Crippen molar-refractivity contribution in [1.82, 2.24) is 14.5 Å². The van der Waals surface area contributed by atoms with Crippen molar-refractivity contribution in [2.45, 2.75) is 33.2 Å². The molecule has 2 aromatic rings. The Morgan fingerprint density at radius 2 is 1.96 bits per heavy atom. The molecule has 2 heterocycles. The van der Waals surface area contributed by atoms with E-state index in [1.165, 1.54) is 4.57 Å². The molecule has 0 aliphatic rings. The van der Waals surface area contributed by atoms with Gasteiger partial charge in [0, 0.05) is 43.2 Å². The first kappa shape index (κ1) is 17.1. The predicted molar refractivity (Wildman–Crippen MR) is 93.4 cm³/mol. The summed E-state index contributed by atoms with van der Waals surface area (Å²) in [5, 5.41) is 3.21. The number of hydrogen-bond acceptors (Lipinski definition) is 5. The highest BCUT2D eigenvalue weighted by Gasteiger charge is 2.14. The van der Waals surface area contributed by atoms with E-state index < -0.39 is 0 Å². The lowest BCUT2D eigenvalue weighted by atomic mass is 10.0. The number of nitrogens with zero attached hydrogens (tertiary/aromatic N) is 3. The van der Waals surface area contributed by atoms with Crippen molar-refractivity contribution >= 4 is 5.95 Å². The molecule has 23 heavy (non-hydrogen) atoms. The Bertz CT molecular complexity index is 709. The van der Waals surface area contributed by atoms with Crippen molar-refractivity contribution in [2.24, 2.45) is 18.7 Å². The van der Waals surface area contributed by atoms with Crippen molar-refractivity contribution in [3.63, 3.8) is 0 Å². The summed E-state index contributed by atoms with van der Waals surface area (Å²) in [6.07, 6.45) is 4.31. The number of aromatic nitrogens is 3. The summed E-state index contributed by atoms with van der Waals surface area (Å²) in [6, 6.07) is 3.73. The highest BCUT2D eigenvalue weighted by Crippen LogP contribution is 2.19. The average Bonchev–Trinajstić information content (AvgIpc) is 2.52. The summed E-state index contributed by atoms with van der Waals surface area (Å²) in [4.78, 5) is 21.1. The van der Waals surface area contributed by atoms with Crippen LogP contribution >= 0.6 is 0 Å². The number of nitrogens with two attached hydrogens (primary N) is 1. The molecular formula is C17H25N5O. The SMILES string of the molecule is Cc1c(-c2ccncc2)nc(NC[C@@H](N)CC(C)C)n(C)c1=O. The van der Waals surface area contributed by atoms with Gasteiger partial charge in [-0.15, -0.1) is 0 Å². The van der Waals surface area contributed by atoms with E-state index in [2.05, 4.69) is 29.1 Å². The van der Waals surface area contributed by atoms with E-state index in [0.29, 0.717) is 29.7 Å². The van der Waals surface area contributed by atoms with Gasteiger partial charge >= 0.3 is 0 Å². The zero-order valence-electron chi connectivity index (χ0n) is 14.2. The zero-order chi connectivity index (χ0) is 17.0. The third-order valence-electron chi connectivity index (χ3n) is 3.77. The molecule has 6 nitrogen and oxygen atoms in total. The zero-order valence-corrected chi connectivity index (χ0v) is 14.2. The Kier molecular flexibility index (Phi) is 5.50. The van der Waals surface area contributed by atoms with Crippen LogP contribution in [0.5, 0.6) is 0 Å². The monoisotopic (exact) mass is 315 g/mol. The fourth-order valence-electron chi connectivity index (χ4n) is 2.57. The van der Waals surface area contributed by atoms with Crippen molar-refractivity contribution in [3.05, 3.63) is 40.4 Å². The maximum atomic E-state index is 12.4. The molecule has 0 aliphatic carbocycles. The van der Waals surface area contributed by atoms with E-state index >= 15 is 0 Å². The Hall–Kier alpha value is -2.21. The number of hydrogen-bond donors (Lipinski definition) is 2. The lowest BCUT2D eigenvalue weighted by Crippen LogP contribution is -2.33. The molecule has 0 fully saturated rings. The molecule has 0 aromatic carbocycles. The normalized spacial score (nSPS) is 12.4. The van der Waals surface area contributed by atoms with Gasteiger partial charge in [0.25, 0.3) is 5.56 Å². The highest BCUT2D eigenvalue weighted by atomic mass is 16.1. The van der Waals surface area contributed by atoms with Gasteiger partial charge in [-0.2, -0.15) is 0 Å². The molecule has 0 radical (unpaired) electrons. The molecule has 0 bridgehead atoms. The van der Waals surface area contributed by atoms with Gasteiger partial charge in [0.2, 0.25) is 5.95 Å². The van der Waals surface area contributed by atoms with E-state index in [4.69, 9.17) is 5.73 Å². The Morgan fingerprint density at radius 1 is 1.30 bits per heavy atom. The maximum absolute atomic E-state index is 12.4. The van der Waals surface area contributed by atoms with Gasteiger partial charge in [-0.1, -0.05) is 13.8 Å². The Labute approximate surface area is 136 Å². The van der Waals surface area contributed by atoms with Gasteiger partial charge in [-0.3, -0.25) is 14.3 Å². The quantitative estimate of drug-likeness (QED) is 0.851. The second-order valence-electron chi connectivity index (χ2n) is 6.28. The standard InChI is InChI=1S/C17H25N5O/c1-11(2)9-14(18)10-20-17-21-15(12(3)16(23)22(17)4)13-5-7-19-8-6-13/h5-8,11,14H,9-10,18H2,1-4H3,(H,20,21)/t14-/m0/s1. The number of rotatable bonds is 6. The van der Waals surface area contributed by atoms with Crippen LogP contribution < -0.4 is 16.6 Å². The molecule has 1 atom stereocenters.